The molecule has 1 saturated carbocycles. The smallest absolute Gasteiger partial charge is 0.254 e. The summed E-state index contributed by atoms with van der Waals surface area (Å²) in [5, 5.41) is 0.960. The Morgan fingerprint density at radius 2 is 1.71 bits per heavy atom. The molecule has 0 radical (unpaired) electrons. The molecule has 156 valence electrons. The zero-order valence-electron chi connectivity index (χ0n) is 17.8. The second-order valence-corrected chi connectivity index (χ2v) is 8.99. The van der Waals surface area contributed by atoms with Gasteiger partial charge in [-0.05, 0) is 49.9 Å². The SMILES string of the molecule is Cn1c([C@H]2CCCN(C(=O)c3cc(C4CC4)nc4ccccc34)C2)nc2ccccc21. The van der Waals surface area contributed by atoms with E-state index in [9.17, 15) is 4.79 Å². The lowest BCUT2D eigenvalue weighted by Crippen LogP contribution is -2.39. The van der Waals surface area contributed by atoms with Crippen molar-refractivity contribution in [3.63, 3.8) is 0 Å². The molecule has 5 heteroatoms. The van der Waals surface area contributed by atoms with Gasteiger partial charge in [0.05, 0.1) is 22.1 Å². The highest BCUT2D eigenvalue weighted by molar-refractivity contribution is 6.06. The first-order valence-corrected chi connectivity index (χ1v) is 11.3. The van der Waals surface area contributed by atoms with Crippen LogP contribution in [0.5, 0.6) is 0 Å². The predicted octanol–water partition coefficient (Wildman–Crippen LogP) is 5.02. The van der Waals surface area contributed by atoms with Gasteiger partial charge < -0.3 is 9.47 Å². The number of carbonyl (C=O) groups excluding carboxylic acids is 1. The number of hydrogen-bond donors (Lipinski definition) is 0. The van der Waals surface area contributed by atoms with E-state index in [1.165, 1.54) is 12.8 Å². The Kier molecular flexibility index (Phi) is 4.30. The Hall–Kier alpha value is -3.21. The summed E-state index contributed by atoms with van der Waals surface area (Å²) in [6.07, 6.45) is 4.42. The molecule has 2 aliphatic rings. The maximum Gasteiger partial charge on any atom is 0.254 e. The first kappa shape index (κ1) is 18.6. The molecular weight excluding hydrogens is 384 g/mol. The van der Waals surface area contributed by atoms with Gasteiger partial charge in [-0.1, -0.05) is 30.3 Å². The first-order chi connectivity index (χ1) is 15.2. The minimum Gasteiger partial charge on any atom is -0.338 e. The van der Waals surface area contributed by atoms with Gasteiger partial charge in [-0.15, -0.1) is 0 Å². The minimum atomic E-state index is 0.129. The van der Waals surface area contributed by atoms with Gasteiger partial charge in [0, 0.05) is 43.1 Å². The fourth-order valence-corrected chi connectivity index (χ4v) is 5.03. The van der Waals surface area contributed by atoms with E-state index in [2.05, 4.69) is 35.9 Å². The van der Waals surface area contributed by atoms with Crippen LogP contribution in [0.1, 0.15) is 59.4 Å². The van der Waals surface area contributed by atoms with Gasteiger partial charge in [0.25, 0.3) is 5.91 Å². The summed E-state index contributed by atoms with van der Waals surface area (Å²) >= 11 is 0. The summed E-state index contributed by atoms with van der Waals surface area (Å²) in [6.45, 7) is 1.51. The molecule has 1 amide bonds. The summed E-state index contributed by atoms with van der Waals surface area (Å²) < 4.78 is 2.20. The van der Waals surface area contributed by atoms with Crippen molar-refractivity contribution < 1.29 is 4.79 Å². The molecule has 0 unspecified atom stereocenters. The van der Waals surface area contributed by atoms with E-state index in [1.54, 1.807) is 0 Å². The average Bonchev–Trinajstić information content (AvgIpc) is 3.62. The number of carbonyl (C=O) groups is 1. The molecule has 5 nitrogen and oxygen atoms in total. The number of piperidine rings is 1. The number of hydrogen-bond acceptors (Lipinski definition) is 3. The lowest BCUT2D eigenvalue weighted by Gasteiger charge is -2.33. The highest BCUT2D eigenvalue weighted by Crippen LogP contribution is 2.40. The monoisotopic (exact) mass is 410 g/mol. The maximum atomic E-state index is 13.7. The third-order valence-electron chi connectivity index (χ3n) is 6.86. The van der Waals surface area contributed by atoms with E-state index in [0.717, 1.165) is 58.4 Å². The van der Waals surface area contributed by atoms with E-state index >= 15 is 0 Å². The lowest BCUT2D eigenvalue weighted by atomic mass is 9.95. The van der Waals surface area contributed by atoms with E-state index in [-0.39, 0.29) is 11.8 Å². The summed E-state index contributed by atoms with van der Waals surface area (Å²) in [5.74, 6) is 1.98. The standard InChI is InChI=1S/C26H26N4O/c1-29-24-11-5-4-10-22(24)28-25(29)18-7-6-14-30(16-18)26(31)20-15-23(17-12-13-17)27-21-9-3-2-8-19(20)21/h2-5,8-11,15,17-18H,6-7,12-14,16H2,1H3/t18-/m0/s1. The summed E-state index contributed by atoms with van der Waals surface area (Å²) in [6, 6.07) is 18.4. The van der Waals surface area contributed by atoms with Crippen LogP contribution < -0.4 is 0 Å². The number of pyridine rings is 1. The van der Waals surface area contributed by atoms with Gasteiger partial charge in [-0.3, -0.25) is 9.78 Å². The van der Waals surface area contributed by atoms with Crippen LogP contribution >= 0.6 is 0 Å². The number of rotatable bonds is 3. The number of aromatic nitrogens is 3. The van der Waals surface area contributed by atoms with Gasteiger partial charge in [-0.25, -0.2) is 4.98 Å². The number of para-hydroxylation sites is 3. The van der Waals surface area contributed by atoms with Gasteiger partial charge >= 0.3 is 0 Å². The average molecular weight is 411 g/mol. The molecule has 1 aliphatic heterocycles. The quantitative estimate of drug-likeness (QED) is 0.477. The maximum absolute atomic E-state index is 13.7. The van der Waals surface area contributed by atoms with Gasteiger partial charge in [0.2, 0.25) is 0 Å². The molecule has 6 rings (SSSR count). The highest BCUT2D eigenvalue weighted by Gasteiger charge is 2.31. The lowest BCUT2D eigenvalue weighted by molar-refractivity contribution is 0.0705. The number of likely N-dealkylation sites (tertiary alicyclic amines) is 1. The molecule has 4 aromatic rings. The van der Waals surface area contributed by atoms with E-state index in [0.29, 0.717) is 12.5 Å². The summed E-state index contributed by atoms with van der Waals surface area (Å²) in [7, 11) is 2.09. The van der Waals surface area contributed by atoms with Crippen molar-refractivity contribution in [3.05, 3.63) is 71.7 Å². The molecule has 0 spiro atoms. The van der Waals surface area contributed by atoms with Crippen LogP contribution in [0.2, 0.25) is 0 Å². The van der Waals surface area contributed by atoms with Crippen molar-refractivity contribution in [1.82, 2.24) is 19.4 Å². The molecule has 1 saturated heterocycles. The molecule has 2 aromatic heterocycles. The van der Waals surface area contributed by atoms with Crippen LogP contribution in [0, 0.1) is 0 Å². The molecule has 2 fully saturated rings. The fraction of sp³-hybridized carbons (Fsp3) is 0.346. The Morgan fingerprint density at radius 1 is 0.935 bits per heavy atom. The zero-order valence-corrected chi connectivity index (χ0v) is 17.8. The van der Waals surface area contributed by atoms with Crippen LogP contribution in [-0.4, -0.2) is 38.4 Å². The second kappa shape index (κ2) is 7.19. The topological polar surface area (TPSA) is 51.0 Å². The van der Waals surface area contributed by atoms with E-state index in [1.807, 2.05) is 35.2 Å². The number of amides is 1. The van der Waals surface area contributed by atoms with Crippen molar-refractivity contribution in [3.8, 4) is 0 Å². The zero-order chi connectivity index (χ0) is 20.9. The van der Waals surface area contributed by atoms with Crippen molar-refractivity contribution in [1.29, 1.82) is 0 Å². The van der Waals surface area contributed by atoms with Gasteiger partial charge in [0.1, 0.15) is 5.82 Å². The molecule has 2 aromatic carbocycles. The molecule has 31 heavy (non-hydrogen) atoms. The fourth-order valence-electron chi connectivity index (χ4n) is 5.03. The largest absolute Gasteiger partial charge is 0.338 e. The minimum absolute atomic E-state index is 0.129. The number of fused-ring (bicyclic) bond motifs is 2. The van der Waals surface area contributed by atoms with E-state index in [4.69, 9.17) is 9.97 Å². The Labute approximate surface area is 181 Å². The van der Waals surface area contributed by atoms with Crippen molar-refractivity contribution in [2.45, 2.75) is 37.5 Å². The van der Waals surface area contributed by atoms with Crippen LogP contribution in [-0.2, 0) is 7.05 Å². The second-order valence-electron chi connectivity index (χ2n) is 8.99. The summed E-state index contributed by atoms with van der Waals surface area (Å²) in [5.41, 5.74) is 4.98. The number of benzene rings is 2. The van der Waals surface area contributed by atoms with Crippen LogP contribution in [0.15, 0.2) is 54.6 Å². The molecule has 0 bridgehead atoms. The normalized spacial score (nSPS) is 19.3. The van der Waals surface area contributed by atoms with Crippen molar-refractivity contribution >= 4 is 27.8 Å². The summed E-state index contributed by atoms with van der Waals surface area (Å²) in [4.78, 5) is 25.5. The van der Waals surface area contributed by atoms with Crippen molar-refractivity contribution in [2.24, 2.45) is 7.05 Å². The molecule has 0 N–H and O–H groups in total. The Bertz CT molecular complexity index is 1300. The van der Waals surface area contributed by atoms with Crippen molar-refractivity contribution in [2.75, 3.05) is 13.1 Å². The molecule has 1 aliphatic carbocycles. The molecular formula is C26H26N4O. The predicted molar refractivity (Wildman–Crippen MR) is 122 cm³/mol. The van der Waals surface area contributed by atoms with Gasteiger partial charge in [-0.2, -0.15) is 0 Å². The Balaban J connectivity index is 1.34. The molecule has 3 heterocycles. The number of imidazole rings is 1. The first-order valence-electron chi connectivity index (χ1n) is 11.3. The van der Waals surface area contributed by atoms with Crippen LogP contribution in [0.3, 0.4) is 0 Å². The highest BCUT2D eigenvalue weighted by atomic mass is 16.2. The third kappa shape index (κ3) is 3.19. The Morgan fingerprint density at radius 3 is 2.52 bits per heavy atom. The van der Waals surface area contributed by atoms with Gasteiger partial charge in [0.15, 0.2) is 0 Å². The number of nitrogens with zero attached hydrogens (tertiary/aromatic N) is 4. The molecule has 1 atom stereocenters. The number of aryl methyl sites for hydroxylation is 1. The van der Waals surface area contributed by atoms with Crippen LogP contribution in [0.25, 0.3) is 21.9 Å². The third-order valence-corrected chi connectivity index (χ3v) is 6.86. The van der Waals surface area contributed by atoms with Crippen LogP contribution in [0.4, 0.5) is 0 Å². The van der Waals surface area contributed by atoms with E-state index < -0.39 is 0 Å².